The smallest absolute Gasteiger partial charge is 0.163 e. The maximum absolute atomic E-state index is 11.6. The van der Waals surface area contributed by atoms with E-state index in [0.717, 1.165) is 30.5 Å². The molecule has 2 aliphatic carbocycles. The molecule has 4 heteroatoms. The Morgan fingerprint density at radius 1 is 1.24 bits per heavy atom. The molecule has 2 fully saturated rings. The molecule has 3 nitrogen and oxygen atoms in total. The van der Waals surface area contributed by atoms with Crippen molar-refractivity contribution < 1.29 is 9.90 Å². The molecule has 0 radical (unpaired) electrons. The lowest BCUT2D eigenvalue weighted by atomic mass is 10.0. The van der Waals surface area contributed by atoms with E-state index in [4.69, 9.17) is 11.6 Å². The van der Waals surface area contributed by atoms with Crippen LogP contribution in [0, 0.1) is 11.8 Å². The molecule has 1 N–H and O–H groups in total. The number of nitrogens with zero attached hydrogens (tertiary/aromatic N) is 1. The van der Waals surface area contributed by atoms with Crippen molar-refractivity contribution in [3.63, 3.8) is 0 Å². The molecule has 2 aliphatic rings. The Balaban J connectivity index is 1.78. The largest absolute Gasteiger partial charge is 0.507 e. The van der Waals surface area contributed by atoms with Crippen molar-refractivity contribution in [3.8, 4) is 5.75 Å². The van der Waals surface area contributed by atoms with Crippen molar-refractivity contribution in [2.75, 3.05) is 13.1 Å². The van der Waals surface area contributed by atoms with Crippen LogP contribution in [0.25, 0.3) is 0 Å². The van der Waals surface area contributed by atoms with Crippen LogP contribution in [0.3, 0.4) is 0 Å². The van der Waals surface area contributed by atoms with Gasteiger partial charge in [-0.3, -0.25) is 9.69 Å². The van der Waals surface area contributed by atoms with Gasteiger partial charge in [0.05, 0.1) is 5.56 Å². The number of phenols is 1. The predicted octanol–water partition coefficient (Wildman–Crippen LogP) is 3.87. The second-order valence-corrected chi connectivity index (χ2v) is 7.03. The van der Waals surface area contributed by atoms with Gasteiger partial charge in [0.1, 0.15) is 5.75 Å². The molecule has 114 valence electrons. The second-order valence-electron chi connectivity index (χ2n) is 6.60. The Kier molecular flexibility index (Phi) is 4.23. The van der Waals surface area contributed by atoms with E-state index in [1.54, 1.807) is 12.1 Å². The number of hydrogen-bond donors (Lipinski definition) is 1. The van der Waals surface area contributed by atoms with Crippen molar-refractivity contribution in [2.45, 2.75) is 39.2 Å². The minimum atomic E-state index is -0.146. The average Bonchev–Trinajstić information content (AvgIpc) is 3.29. The lowest BCUT2D eigenvalue weighted by Crippen LogP contribution is -2.28. The number of ketones is 1. The van der Waals surface area contributed by atoms with Gasteiger partial charge in [-0.15, -0.1) is 0 Å². The summed E-state index contributed by atoms with van der Waals surface area (Å²) in [5.41, 5.74) is 1.10. The van der Waals surface area contributed by atoms with Gasteiger partial charge in [-0.1, -0.05) is 11.6 Å². The zero-order chi connectivity index (χ0) is 15.0. The Morgan fingerprint density at radius 3 is 2.29 bits per heavy atom. The molecule has 0 bridgehead atoms. The van der Waals surface area contributed by atoms with Crippen molar-refractivity contribution in [2.24, 2.45) is 11.8 Å². The summed E-state index contributed by atoms with van der Waals surface area (Å²) in [7, 11) is 0. The van der Waals surface area contributed by atoms with E-state index in [1.165, 1.54) is 32.6 Å². The molecule has 0 unspecified atom stereocenters. The number of hydrogen-bond acceptors (Lipinski definition) is 3. The molecule has 0 spiro atoms. The third-order valence-corrected chi connectivity index (χ3v) is 4.57. The Bertz CT molecular complexity index is 536. The van der Waals surface area contributed by atoms with Gasteiger partial charge in [0, 0.05) is 30.2 Å². The molecule has 1 aromatic rings. The Labute approximate surface area is 130 Å². The van der Waals surface area contributed by atoms with Gasteiger partial charge in [-0.05, 0) is 56.6 Å². The van der Waals surface area contributed by atoms with Crippen LogP contribution >= 0.6 is 11.6 Å². The van der Waals surface area contributed by atoms with Crippen LogP contribution in [0.5, 0.6) is 5.75 Å². The number of aromatic hydroxyl groups is 1. The van der Waals surface area contributed by atoms with Gasteiger partial charge in [-0.2, -0.15) is 0 Å². The molecule has 3 rings (SSSR count). The van der Waals surface area contributed by atoms with E-state index >= 15 is 0 Å². The molecule has 0 aromatic heterocycles. The monoisotopic (exact) mass is 307 g/mol. The molecule has 21 heavy (non-hydrogen) atoms. The van der Waals surface area contributed by atoms with E-state index in [2.05, 4.69) is 4.90 Å². The molecule has 1 aromatic carbocycles. The molecule has 0 saturated heterocycles. The van der Waals surface area contributed by atoms with E-state index < -0.39 is 0 Å². The molecule has 0 atom stereocenters. The minimum absolute atomic E-state index is 0.100. The van der Waals surface area contributed by atoms with Crippen LogP contribution in [0.15, 0.2) is 12.1 Å². The molecular weight excluding hydrogens is 286 g/mol. The first-order valence-electron chi connectivity index (χ1n) is 7.77. The van der Waals surface area contributed by atoms with Crippen LogP contribution in [-0.4, -0.2) is 28.9 Å². The fourth-order valence-electron chi connectivity index (χ4n) is 2.82. The van der Waals surface area contributed by atoms with Crippen LogP contribution in [0.2, 0.25) is 5.02 Å². The topological polar surface area (TPSA) is 40.5 Å². The van der Waals surface area contributed by atoms with E-state index in [9.17, 15) is 9.90 Å². The Morgan fingerprint density at radius 2 is 1.81 bits per heavy atom. The van der Waals surface area contributed by atoms with Gasteiger partial charge < -0.3 is 5.11 Å². The third kappa shape index (κ3) is 3.98. The van der Waals surface area contributed by atoms with E-state index in [-0.39, 0.29) is 11.5 Å². The summed E-state index contributed by atoms with van der Waals surface area (Å²) in [6.45, 7) is 4.33. The van der Waals surface area contributed by atoms with Crippen LogP contribution < -0.4 is 0 Å². The van der Waals surface area contributed by atoms with Gasteiger partial charge >= 0.3 is 0 Å². The highest BCUT2D eigenvalue weighted by Gasteiger charge is 2.29. The summed E-state index contributed by atoms with van der Waals surface area (Å²) >= 11 is 6.10. The zero-order valence-corrected chi connectivity index (χ0v) is 13.2. The molecule has 0 heterocycles. The van der Waals surface area contributed by atoms with Gasteiger partial charge in [0.15, 0.2) is 5.78 Å². The number of halogens is 1. The molecule has 0 aliphatic heterocycles. The van der Waals surface area contributed by atoms with Gasteiger partial charge in [-0.25, -0.2) is 0 Å². The SMILES string of the molecule is CC(=O)c1cc(Cl)cc(CN(CC2CC2)CC2CC2)c1O. The number of carbonyl (C=O) groups is 1. The first-order chi connectivity index (χ1) is 10.0. The highest BCUT2D eigenvalue weighted by molar-refractivity contribution is 6.31. The maximum atomic E-state index is 11.6. The first-order valence-corrected chi connectivity index (χ1v) is 8.15. The number of carbonyl (C=O) groups excluding carboxylic acids is 1. The number of phenolic OH excluding ortho intramolecular Hbond substituents is 1. The zero-order valence-electron chi connectivity index (χ0n) is 12.4. The maximum Gasteiger partial charge on any atom is 0.163 e. The predicted molar refractivity (Wildman–Crippen MR) is 83.8 cm³/mol. The van der Waals surface area contributed by atoms with Crippen molar-refractivity contribution in [1.82, 2.24) is 4.90 Å². The van der Waals surface area contributed by atoms with Crippen molar-refractivity contribution in [3.05, 3.63) is 28.3 Å². The average molecular weight is 308 g/mol. The standard InChI is InChI=1S/C17H22ClNO2/c1-11(20)16-7-15(18)6-14(17(16)21)10-19(8-12-2-3-12)9-13-4-5-13/h6-7,12-13,21H,2-5,8-10H2,1H3. The quantitative estimate of drug-likeness (QED) is 0.777. The van der Waals surface area contributed by atoms with E-state index in [1.807, 2.05) is 0 Å². The van der Waals surface area contributed by atoms with Crippen LogP contribution in [0.4, 0.5) is 0 Å². The summed E-state index contributed by atoms with van der Waals surface area (Å²) in [4.78, 5) is 14.0. The lowest BCUT2D eigenvalue weighted by Gasteiger charge is -2.23. The first kappa shape index (κ1) is 14.9. The van der Waals surface area contributed by atoms with Gasteiger partial charge in [0.25, 0.3) is 0 Å². The summed E-state index contributed by atoms with van der Waals surface area (Å²) in [6.07, 6.45) is 5.28. The van der Waals surface area contributed by atoms with Crippen molar-refractivity contribution in [1.29, 1.82) is 0 Å². The fourth-order valence-corrected chi connectivity index (χ4v) is 3.06. The molecular formula is C17H22ClNO2. The molecule has 2 saturated carbocycles. The lowest BCUT2D eigenvalue weighted by molar-refractivity contribution is 0.101. The summed E-state index contributed by atoms with van der Waals surface area (Å²) in [6, 6.07) is 3.34. The van der Waals surface area contributed by atoms with E-state index in [0.29, 0.717) is 17.1 Å². The van der Waals surface area contributed by atoms with Crippen LogP contribution in [-0.2, 0) is 6.54 Å². The summed E-state index contributed by atoms with van der Waals surface area (Å²) in [5.74, 6) is 1.59. The Hall–Kier alpha value is -1.06. The summed E-state index contributed by atoms with van der Waals surface area (Å²) < 4.78 is 0. The summed E-state index contributed by atoms with van der Waals surface area (Å²) in [5, 5.41) is 10.8. The van der Waals surface area contributed by atoms with Crippen LogP contribution in [0.1, 0.15) is 48.5 Å². The minimum Gasteiger partial charge on any atom is -0.507 e. The van der Waals surface area contributed by atoms with Crippen molar-refractivity contribution >= 4 is 17.4 Å². The number of Topliss-reactive ketones (excluding diaryl/α,β-unsaturated/α-hetero) is 1. The highest BCUT2D eigenvalue weighted by Crippen LogP contribution is 2.36. The number of rotatable bonds is 7. The second kappa shape index (κ2) is 5.98. The third-order valence-electron chi connectivity index (χ3n) is 4.35. The highest BCUT2D eigenvalue weighted by atomic mass is 35.5. The van der Waals surface area contributed by atoms with Gasteiger partial charge in [0.2, 0.25) is 0 Å². The molecule has 0 amide bonds. The normalized spacial score (nSPS) is 18.2. The number of benzene rings is 1. The fraction of sp³-hybridized carbons (Fsp3) is 0.588.